The van der Waals surface area contributed by atoms with Gasteiger partial charge in [-0.25, -0.2) is 8.42 Å². The average molecular weight is 355 g/mol. The molecular weight excluding hydrogens is 338 g/mol. The van der Waals surface area contributed by atoms with E-state index in [4.69, 9.17) is 9.47 Å². The van der Waals surface area contributed by atoms with Crippen LogP contribution < -0.4 is 14.2 Å². The van der Waals surface area contributed by atoms with Crippen LogP contribution in [0.4, 0.5) is 5.69 Å². The average Bonchev–Trinajstić information content (AvgIpc) is 2.86. The molecule has 0 fully saturated rings. The van der Waals surface area contributed by atoms with Crippen LogP contribution >= 0.6 is 0 Å². The highest BCUT2D eigenvalue weighted by atomic mass is 32.2. The molecule has 3 aromatic rings. The van der Waals surface area contributed by atoms with Gasteiger partial charge in [0.15, 0.2) is 11.5 Å². The molecule has 0 saturated heterocycles. The van der Waals surface area contributed by atoms with Crippen molar-refractivity contribution in [3.8, 4) is 11.5 Å². The van der Waals surface area contributed by atoms with E-state index in [0.717, 1.165) is 17.2 Å². The predicted molar refractivity (Wildman–Crippen MR) is 96.8 cm³/mol. The summed E-state index contributed by atoms with van der Waals surface area (Å²) in [6.07, 6.45) is 0.770. The number of hydrogen-bond acceptors (Lipinski definition) is 4. The molecule has 1 N–H and O–H groups in total. The third-order valence-corrected chi connectivity index (χ3v) is 5.41. The fraction of sp³-hybridized carbons (Fsp3) is 0.158. The van der Waals surface area contributed by atoms with E-state index in [1.54, 1.807) is 12.1 Å². The first kappa shape index (κ1) is 15.8. The zero-order valence-corrected chi connectivity index (χ0v) is 14.3. The molecule has 0 amide bonds. The lowest BCUT2D eigenvalue weighted by atomic mass is 10.1. The molecule has 1 aliphatic heterocycles. The molecule has 0 aromatic heterocycles. The van der Waals surface area contributed by atoms with Crippen molar-refractivity contribution in [3.63, 3.8) is 0 Å². The highest BCUT2D eigenvalue weighted by Gasteiger charge is 2.19. The first-order valence-corrected chi connectivity index (χ1v) is 9.51. The first-order chi connectivity index (χ1) is 12.1. The molecule has 6 heteroatoms. The number of rotatable bonds is 3. The van der Waals surface area contributed by atoms with Gasteiger partial charge in [-0.2, -0.15) is 0 Å². The summed E-state index contributed by atoms with van der Waals surface area (Å²) in [6.45, 7) is 1.07. The van der Waals surface area contributed by atoms with Crippen molar-refractivity contribution in [2.24, 2.45) is 0 Å². The first-order valence-electron chi connectivity index (χ1n) is 8.03. The van der Waals surface area contributed by atoms with E-state index in [0.29, 0.717) is 30.4 Å². The van der Waals surface area contributed by atoms with E-state index in [9.17, 15) is 8.42 Å². The van der Waals surface area contributed by atoms with Crippen molar-refractivity contribution in [2.45, 2.75) is 11.3 Å². The minimum absolute atomic E-state index is 0.143. The molecule has 0 unspecified atom stereocenters. The zero-order chi connectivity index (χ0) is 17.3. The van der Waals surface area contributed by atoms with Crippen LogP contribution in [0.15, 0.2) is 65.6 Å². The Morgan fingerprint density at radius 3 is 2.40 bits per heavy atom. The fourth-order valence-corrected chi connectivity index (χ4v) is 3.84. The topological polar surface area (TPSA) is 64.6 Å². The summed E-state index contributed by atoms with van der Waals surface area (Å²) < 4.78 is 39.1. The van der Waals surface area contributed by atoms with Crippen LogP contribution in [-0.4, -0.2) is 21.6 Å². The van der Waals surface area contributed by atoms with Gasteiger partial charge in [-0.1, -0.05) is 30.3 Å². The van der Waals surface area contributed by atoms with Crippen LogP contribution in [0.3, 0.4) is 0 Å². The van der Waals surface area contributed by atoms with Gasteiger partial charge in [-0.3, -0.25) is 4.72 Å². The van der Waals surface area contributed by atoms with Crippen molar-refractivity contribution in [1.82, 2.24) is 0 Å². The van der Waals surface area contributed by atoms with Crippen LogP contribution in [0.5, 0.6) is 11.5 Å². The summed E-state index contributed by atoms with van der Waals surface area (Å²) in [6, 6.07) is 17.9. The zero-order valence-electron chi connectivity index (χ0n) is 13.4. The summed E-state index contributed by atoms with van der Waals surface area (Å²) in [5.74, 6) is 1.03. The molecule has 0 aliphatic carbocycles. The predicted octanol–water partition coefficient (Wildman–Crippen LogP) is 3.80. The normalized spacial score (nSPS) is 14.1. The molecule has 0 saturated carbocycles. The van der Waals surface area contributed by atoms with Gasteiger partial charge in [0.1, 0.15) is 0 Å². The minimum Gasteiger partial charge on any atom is -0.490 e. The van der Waals surface area contributed by atoms with E-state index in [2.05, 4.69) is 4.72 Å². The highest BCUT2D eigenvalue weighted by molar-refractivity contribution is 7.92. The Hall–Kier alpha value is -2.73. The monoisotopic (exact) mass is 355 g/mol. The van der Waals surface area contributed by atoms with Crippen molar-refractivity contribution < 1.29 is 17.9 Å². The van der Waals surface area contributed by atoms with E-state index >= 15 is 0 Å². The smallest absolute Gasteiger partial charge is 0.262 e. The molecule has 1 aliphatic rings. The van der Waals surface area contributed by atoms with Gasteiger partial charge in [-0.15, -0.1) is 0 Å². The molecular formula is C19H17NO4S. The number of hydrogen-bond donors (Lipinski definition) is 1. The van der Waals surface area contributed by atoms with Gasteiger partial charge in [0, 0.05) is 18.2 Å². The second-order valence-electron chi connectivity index (χ2n) is 5.83. The second kappa shape index (κ2) is 6.29. The SMILES string of the molecule is O=S(=O)(Nc1ccc2ccccc2c1)c1ccc2c(c1)OCCCO2. The highest BCUT2D eigenvalue weighted by Crippen LogP contribution is 2.32. The van der Waals surface area contributed by atoms with E-state index in [1.807, 2.05) is 36.4 Å². The number of fused-ring (bicyclic) bond motifs is 2. The van der Waals surface area contributed by atoms with Gasteiger partial charge < -0.3 is 9.47 Å². The summed E-state index contributed by atoms with van der Waals surface area (Å²) in [4.78, 5) is 0.143. The quantitative estimate of drug-likeness (QED) is 0.776. The molecule has 0 atom stereocenters. The van der Waals surface area contributed by atoms with Crippen molar-refractivity contribution in [1.29, 1.82) is 0 Å². The largest absolute Gasteiger partial charge is 0.490 e. The molecule has 3 aromatic carbocycles. The van der Waals surface area contributed by atoms with Gasteiger partial charge in [-0.05, 0) is 35.0 Å². The van der Waals surface area contributed by atoms with E-state index in [-0.39, 0.29) is 4.90 Å². The standard InChI is InChI=1S/C19H17NO4S/c21-25(22,17-8-9-18-19(13-17)24-11-3-10-23-18)20-16-7-6-14-4-1-2-5-15(14)12-16/h1-2,4-9,12-13,20H,3,10-11H2. The second-order valence-corrected chi connectivity index (χ2v) is 7.51. The molecule has 0 spiro atoms. The summed E-state index contributed by atoms with van der Waals surface area (Å²) in [7, 11) is -3.71. The van der Waals surface area contributed by atoms with Crippen LogP contribution in [0.25, 0.3) is 10.8 Å². The van der Waals surface area contributed by atoms with Crippen LogP contribution in [0.2, 0.25) is 0 Å². The minimum atomic E-state index is -3.71. The number of anilines is 1. The van der Waals surface area contributed by atoms with Gasteiger partial charge in [0.05, 0.1) is 18.1 Å². The summed E-state index contributed by atoms with van der Waals surface area (Å²) >= 11 is 0. The van der Waals surface area contributed by atoms with Gasteiger partial charge >= 0.3 is 0 Å². The van der Waals surface area contributed by atoms with Crippen molar-refractivity contribution in [2.75, 3.05) is 17.9 Å². The Kier molecular flexibility index (Phi) is 3.97. The Morgan fingerprint density at radius 2 is 1.56 bits per heavy atom. The summed E-state index contributed by atoms with van der Waals surface area (Å²) in [5, 5.41) is 2.03. The maximum Gasteiger partial charge on any atom is 0.262 e. The maximum atomic E-state index is 12.7. The van der Waals surface area contributed by atoms with Gasteiger partial charge in [0.2, 0.25) is 0 Å². The van der Waals surface area contributed by atoms with Crippen molar-refractivity contribution >= 4 is 26.5 Å². The molecule has 5 nitrogen and oxygen atoms in total. The van der Waals surface area contributed by atoms with Crippen LogP contribution in [0, 0.1) is 0 Å². The van der Waals surface area contributed by atoms with Gasteiger partial charge in [0.25, 0.3) is 10.0 Å². The molecule has 25 heavy (non-hydrogen) atoms. The lowest BCUT2D eigenvalue weighted by molar-refractivity contribution is 0.297. The Labute approximate surface area is 146 Å². The maximum absolute atomic E-state index is 12.7. The van der Waals surface area contributed by atoms with Crippen LogP contribution in [-0.2, 0) is 10.0 Å². The van der Waals surface area contributed by atoms with Crippen molar-refractivity contribution in [3.05, 3.63) is 60.7 Å². The third-order valence-electron chi connectivity index (χ3n) is 4.03. The Morgan fingerprint density at radius 1 is 0.800 bits per heavy atom. The fourth-order valence-electron chi connectivity index (χ4n) is 2.78. The number of benzene rings is 3. The van der Waals surface area contributed by atoms with Crippen LogP contribution in [0.1, 0.15) is 6.42 Å². The lowest BCUT2D eigenvalue weighted by Crippen LogP contribution is -2.13. The molecule has 0 bridgehead atoms. The molecule has 4 rings (SSSR count). The Bertz CT molecular complexity index is 1030. The third kappa shape index (κ3) is 3.25. The Balaban J connectivity index is 1.65. The number of ether oxygens (including phenoxy) is 2. The lowest BCUT2D eigenvalue weighted by Gasteiger charge is -2.12. The molecule has 1 heterocycles. The van der Waals surface area contributed by atoms with E-state index < -0.39 is 10.0 Å². The number of nitrogens with one attached hydrogen (secondary N) is 1. The summed E-state index contributed by atoms with van der Waals surface area (Å²) in [5.41, 5.74) is 0.519. The molecule has 0 radical (unpaired) electrons. The number of sulfonamides is 1. The van der Waals surface area contributed by atoms with E-state index in [1.165, 1.54) is 12.1 Å². The molecule has 128 valence electrons.